The fourth-order valence-corrected chi connectivity index (χ4v) is 15.8. The van der Waals surface area contributed by atoms with Crippen molar-refractivity contribution in [1.82, 2.24) is 19.9 Å². The molecule has 16 rings (SSSR count). The third-order valence-electron chi connectivity index (χ3n) is 22.4. The summed E-state index contributed by atoms with van der Waals surface area (Å²) in [5, 5.41) is 8.22. The molecule has 12 nitrogen and oxygen atoms in total. The summed E-state index contributed by atoms with van der Waals surface area (Å²) in [7, 11) is 8.02. The first-order valence-corrected chi connectivity index (χ1v) is 39.9. The second kappa shape index (κ2) is 32.9. The van der Waals surface area contributed by atoms with Crippen LogP contribution < -0.4 is 18.3 Å². The highest BCUT2D eigenvalue weighted by molar-refractivity contribution is 6.12. The minimum Gasteiger partial charge on any atom is -0.437 e. The topological polar surface area (TPSA) is 120 Å². The van der Waals surface area contributed by atoms with Gasteiger partial charge in [0.25, 0.3) is 0 Å². The molecule has 0 saturated carbocycles. The lowest BCUT2D eigenvalue weighted by molar-refractivity contribution is -0.661. The van der Waals surface area contributed by atoms with Gasteiger partial charge >= 0.3 is 0 Å². The van der Waals surface area contributed by atoms with Gasteiger partial charge in [-0.3, -0.25) is 0 Å². The standard InChI is InChI=1S/C26H31N2O.2C25H29N2O.C24H27N2O/c1-8-18-13-23(28(7)14-21(18)15(2)3)24-17(6)9-10-19-20-11-12-22(16(4)5)27-26(20)29-25(19)24;1-7-17-13-22(27(6)14-21(17)15(3)4)23-16(5)9-11-19-20-12-10-18(8-2)26-25(20)28-24(19)23;1-7-17-13-22(27(6)14-18(17)8-2)23-16(5)9-10-19-20-11-12-21(15(3)4)26-25(20)28-24(19)23;1-6-16-13-21(26(5)14-17(16)7-2)22-15(4)9-11-19-20-12-10-18(8-3)25-24(20)27-23(19)22/h9-16H,8H2,1-7H3;2*9-15H,7-8H2,1-6H3;9-14H,6-8H2,1-5H3/q4*+1/i8D2;7D2;;6D2,7D2. The van der Waals surface area contributed by atoms with Crippen molar-refractivity contribution in [2.75, 3.05) is 0 Å². The van der Waals surface area contributed by atoms with Crippen LogP contribution >= 0.6 is 0 Å². The third-order valence-corrected chi connectivity index (χ3v) is 22.4. The molecule has 112 heavy (non-hydrogen) atoms. The maximum atomic E-state index is 8.43. The van der Waals surface area contributed by atoms with Crippen LogP contribution in [0.3, 0.4) is 0 Å². The van der Waals surface area contributed by atoms with Crippen LogP contribution in [0.4, 0.5) is 0 Å². The summed E-state index contributed by atoms with van der Waals surface area (Å²) in [6, 6.07) is 41.6. The smallest absolute Gasteiger partial charge is 0.227 e. The lowest BCUT2D eigenvalue weighted by Crippen LogP contribution is -2.32. The zero-order valence-corrected chi connectivity index (χ0v) is 70.2. The molecule has 0 saturated heterocycles. The number of fused-ring (bicyclic) bond motifs is 12. The lowest BCUT2D eigenvalue weighted by atomic mass is 9.94. The molecule has 576 valence electrons. The van der Waals surface area contributed by atoms with Gasteiger partial charge in [0, 0.05) is 123 Å². The summed E-state index contributed by atoms with van der Waals surface area (Å²) >= 11 is 0. The van der Waals surface area contributed by atoms with Crippen LogP contribution in [-0.2, 0) is 79.4 Å². The molecule has 0 aliphatic rings. The third kappa shape index (κ3) is 14.9. The first kappa shape index (κ1) is 69.2. The maximum absolute atomic E-state index is 8.43. The van der Waals surface area contributed by atoms with Crippen molar-refractivity contribution in [1.29, 1.82) is 0 Å². The molecule has 0 radical (unpaired) electrons. The Hall–Kier alpha value is -10.7. The van der Waals surface area contributed by atoms with Crippen molar-refractivity contribution < 1.29 is 46.9 Å². The van der Waals surface area contributed by atoms with Gasteiger partial charge in [0.2, 0.25) is 45.6 Å². The number of aromatic nitrogens is 8. The van der Waals surface area contributed by atoms with E-state index < -0.39 is 25.5 Å². The number of aryl methyl sites for hydroxylation is 16. The summed E-state index contributed by atoms with van der Waals surface area (Å²) in [5.41, 5.74) is 29.2. The Morgan fingerprint density at radius 2 is 0.571 bits per heavy atom. The number of hydrogen-bond donors (Lipinski definition) is 0. The molecule has 0 aliphatic carbocycles. The van der Waals surface area contributed by atoms with Crippen LogP contribution in [0, 0.1) is 27.7 Å². The highest BCUT2D eigenvalue weighted by atomic mass is 16.4. The van der Waals surface area contributed by atoms with Crippen LogP contribution in [0.5, 0.6) is 0 Å². The van der Waals surface area contributed by atoms with E-state index in [1.807, 2.05) is 69.0 Å². The highest BCUT2D eigenvalue weighted by Gasteiger charge is 2.29. The monoisotopic (exact) mass is 1500 g/mol. The summed E-state index contributed by atoms with van der Waals surface area (Å²) in [6.07, 6.45) is 5.61. The Bertz CT molecular complexity index is 6660. The van der Waals surface area contributed by atoms with Gasteiger partial charge in [-0.2, -0.15) is 0 Å². The fraction of sp³-hybridized carbons (Fsp3) is 0.360. The van der Waals surface area contributed by atoms with Crippen LogP contribution in [-0.4, -0.2) is 19.9 Å². The van der Waals surface area contributed by atoms with Crippen LogP contribution in [0.25, 0.3) is 133 Å². The Balaban J connectivity index is 0.000000138. The maximum Gasteiger partial charge on any atom is 0.227 e. The molecular weight excluding hydrogens is 1380 g/mol. The normalized spacial score (nSPS) is 13.4. The molecule has 0 N–H and O–H groups in total. The fourth-order valence-electron chi connectivity index (χ4n) is 15.8. The minimum atomic E-state index is -1.70. The lowest BCUT2D eigenvalue weighted by Gasteiger charge is -2.13. The number of benzene rings is 4. The summed E-state index contributed by atoms with van der Waals surface area (Å²) in [4.78, 5) is 18.9. The van der Waals surface area contributed by atoms with E-state index in [4.69, 9.17) is 38.6 Å². The van der Waals surface area contributed by atoms with E-state index in [2.05, 4.69) is 232 Å². The van der Waals surface area contributed by atoms with E-state index in [-0.39, 0.29) is 11.8 Å². The molecule has 0 bridgehead atoms. The number of nitrogens with zero attached hydrogens (tertiary/aromatic N) is 8. The van der Waals surface area contributed by atoms with Gasteiger partial charge in [-0.25, -0.2) is 38.2 Å². The Kier molecular flexibility index (Phi) is 20.4. The molecule has 0 atom stereocenters. The first-order valence-electron chi connectivity index (χ1n) is 43.9. The molecule has 0 unspecified atom stereocenters. The van der Waals surface area contributed by atoms with Crippen LogP contribution in [0.15, 0.2) is 164 Å². The van der Waals surface area contributed by atoms with Crippen molar-refractivity contribution in [3.63, 3.8) is 0 Å². The summed E-state index contributed by atoms with van der Waals surface area (Å²) in [6.45, 7) is 40.1. The number of hydrogen-bond acceptors (Lipinski definition) is 8. The molecule has 0 fully saturated rings. The Morgan fingerprint density at radius 3 is 0.866 bits per heavy atom. The van der Waals surface area contributed by atoms with Crippen molar-refractivity contribution in [2.24, 2.45) is 28.2 Å². The van der Waals surface area contributed by atoms with E-state index in [1.54, 1.807) is 26.1 Å². The van der Waals surface area contributed by atoms with Crippen LogP contribution in [0.1, 0.15) is 235 Å². The van der Waals surface area contributed by atoms with E-state index in [0.29, 0.717) is 45.7 Å². The van der Waals surface area contributed by atoms with E-state index in [0.717, 1.165) is 187 Å². The van der Waals surface area contributed by atoms with Crippen molar-refractivity contribution in [3.05, 3.63) is 236 Å². The number of rotatable bonds is 16. The Morgan fingerprint density at radius 1 is 0.295 bits per heavy atom. The quantitative estimate of drug-likeness (QED) is 0.0878. The summed E-state index contributed by atoms with van der Waals surface area (Å²) < 4.78 is 100. The van der Waals surface area contributed by atoms with Gasteiger partial charge in [0.1, 0.15) is 28.2 Å². The average Bonchev–Trinajstić information content (AvgIpc) is 1.43. The zero-order valence-electron chi connectivity index (χ0n) is 78.2. The molecule has 16 aromatic rings. The van der Waals surface area contributed by atoms with Gasteiger partial charge in [0.05, 0.1) is 22.3 Å². The molecule has 12 heterocycles. The van der Waals surface area contributed by atoms with Crippen molar-refractivity contribution in [3.8, 4) is 45.0 Å². The summed E-state index contributed by atoms with van der Waals surface area (Å²) in [5.74, 6) is 1.17. The first-order chi connectivity index (χ1) is 56.4. The van der Waals surface area contributed by atoms with Gasteiger partial charge in [-0.05, 0) is 196 Å². The molecular formula is C100H116N8O4+4. The predicted octanol–water partition coefficient (Wildman–Crippen LogP) is 24.1. The van der Waals surface area contributed by atoms with Crippen molar-refractivity contribution in [2.45, 2.75) is 213 Å². The molecule has 12 aromatic heterocycles. The highest BCUT2D eigenvalue weighted by Crippen LogP contribution is 2.43. The minimum absolute atomic E-state index is 0.229. The van der Waals surface area contributed by atoms with E-state index >= 15 is 0 Å². The molecule has 0 spiro atoms. The number of furan rings is 4. The molecule has 12 heteroatoms. The van der Waals surface area contributed by atoms with Crippen LogP contribution in [0.2, 0.25) is 0 Å². The molecule has 0 aliphatic heterocycles. The van der Waals surface area contributed by atoms with Crippen molar-refractivity contribution >= 4 is 88.3 Å². The second-order valence-electron chi connectivity index (χ2n) is 31.2. The average molecular weight is 1500 g/mol. The largest absolute Gasteiger partial charge is 0.437 e. The zero-order chi connectivity index (χ0) is 87.2. The van der Waals surface area contributed by atoms with E-state index in [1.165, 1.54) is 41.8 Å². The van der Waals surface area contributed by atoms with Gasteiger partial charge in [0.15, 0.2) is 47.1 Å². The van der Waals surface area contributed by atoms with Gasteiger partial charge < -0.3 is 17.7 Å². The predicted molar refractivity (Wildman–Crippen MR) is 463 cm³/mol. The van der Waals surface area contributed by atoms with E-state index in [9.17, 15) is 0 Å². The SMILES string of the molecule is CCc1cc(-c2c(C)ccc3c2oc2nc(C(C)C)ccc23)[n+](C)cc1CC.[2H]C([2H])(C)c1cc(-c2c(C)ccc3c2oc2nc(C(C)C)ccc23)[n+](C)cc1C(C)C.[2H]C([2H])(C)c1cc(-c2c(C)ccc3c2oc2nc(CC)ccc23)[n+](C)cc1C(C)C.[2H]C([2H])(C)c1cc(-c2c(C)ccc3c2oc2nc(CC)ccc23)[n+](C)cc1C([2H])([2H])C. The number of pyridine rings is 8. The molecule has 0 amide bonds. The van der Waals surface area contributed by atoms with Gasteiger partial charge in [-0.15, -0.1) is 0 Å². The molecule has 4 aromatic carbocycles. The van der Waals surface area contributed by atoms with Gasteiger partial charge in [-0.1, -0.05) is 159 Å². The Labute approximate surface area is 673 Å². The second-order valence-corrected chi connectivity index (χ2v) is 31.2.